The van der Waals surface area contributed by atoms with Crippen LogP contribution in [0, 0.1) is 11.3 Å². The van der Waals surface area contributed by atoms with Crippen LogP contribution in [0.3, 0.4) is 0 Å². The van der Waals surface area contributed by atoms with E-state index < -0.39 is 13.9 Å². The van der Waals surface area contributed by atoms with Crippen LogP contribution >= 0.6 is 7.80 Å². The fraction of sp³-hybridized carbons (Fsp3) is 0.857. The molecule has 0 aromatic carbocycles. The van der Waals surface area contributed by atoms with E-state index in [2.05, 4.69) is 0 Å². The van der Waals surface area contributed by atoms with Crippen LogP contribution in [0.15, 0.2) is 0 Å². The Kier molecular flexibility index (Phi) is 5.19. The Labute approximate surface area is 67.8 Å². The van der Waals surface area contributed by atoms with Gasteiger partial charge in [0.15, 0.2) is 0 Å². The average Bonchev–Trinajstić information content (AvgIpc) is 1.88. The monoisotopic (exact) mass is 175 g/mol. The highest BCUT2D eigenvalue weighted by Gasteiger charge is 2.14. The normalized spacial score (nSPS) is 18.4. The zero-order chi connectivity index (χ0) is 8.85. The van der Waals surface area contributed by atoms with Crippen LogP contribution in [-0.4, -0.2) is 23.0 Å². The maximum absolute atomic E-state index is 11.2. The summed E-state index contributed by atoms with van der Waals surface area (Å²) in [4.78, 5) is 0. The Morgan fingerprint density at radius 3 is 2.55 bits per heavy atom. The fourth-order valence-electron chi connectivity index (χ4n) is 0.824. The lowest BCUT2D eigenvalue weighted by Gasteiger charge is -2.07. The SMILES string of the molecule is CCC(C#N)[PH](=O)CC(C)O. The molecule has 3 unspecified atom stereocenters. The number of hydrogen-bond donors (Lipinski definition) is 1. The van der Waals surface area contributed by atoms with Crippen LogP contribution in [0.5, 0.6) is 0 Å². The van der Waals surface area contributed by atoms with E-state index in [1.807, 2.05) is 13.0 Å². The summed E-state index contributed by atoms with van der Waals surface area (Å²) in [7, 11) is -1.89. The van der Waals surface area contributed by atoms with E-state index in [4.69, 9.17) is 10.4 Å². The van der Waals surface area contributed by atoms with Gasteiger partial charge in [0.1, 0.15) is 0 Å². The molecule has 3 atom stereocenters. The summed E-state index contributed by atoms with van der Waals surface area (Å²) >= 11 is 0. The predicted molar refractivity (Wildman–Crippen MR) is 45.2 cm³/mol. The Bertz CT molecular complexity index is 174. The molecule has 4 heteroatoms. The van der Waals surface area contributed by atoms with Gasteiger partial charge in [-0.1, -0.05) is 6.92 Å². The van der Waals surface area contributed by atoms with Gasteiger partial charge >= 0.3 is 0 Å². The lowest BCUT2D eigenvalue weighted by atomic mass is 10.4. The molecule has 0 spiro atoms. The number of nitriles is 1. The van der Waals surface area contributed by atoms with E-state index in [-0.39, 0.29) is 11.8 Å². The van der Waals surface area contributed by atoms with Crippen LogP contribution in [0.4, 0.5) is 0 Å². The highest BCUT2D eigenvalue weighted by Crippen LogP contribution is 2.30. The van der Waals surface area contributed by atoms with Gasteiger partial charge in [-0.25, -0.2) is 0 Å². The van der Waals surface area contributed by atoms with E-state index >= 15 is 0 Å². The second-order valence-electron chi connectivity index (χ2n) is 2.61. The fourth-order valence-corrected chi connectivity index (χ4v) is 2.29. The van der Waals surface area contributed by atoms with Crippen molar-refractivity contribution in [3.05, 3.63) is 0 Å². The molecule has 0 radical (unpaired) electrons. The Morgan fingerprint density at radius 1 is 1.73 bits per heavy atom. The first kappa shape index (κ1) is 10.7. The first-order valence-electron chi connectivity index (χ1n) is 3.72. The highest BCUT2D eigenvalue weighted by molar-refractivity contribution is 7.45. The van der Waals surface area contributed by atoms with Crippen LogP contribution in [-0.2, 0) is 4.57 Å². The van der Waals surface area contributed by atoms with Gasteiger partial charge in [0.05, 0.1) is 25.6 Å². The van der Waals surface area contributed by atoms with E-state index in [0.717, 1.165) is 0 Å². The van der Waals surface area contributed by atoms with Crippen molar-refractivity contribution in [3.63, 3.8) is 0 Å². The third-order valence-electron chi connectivity index (χ3n) is 1.45. The molecule has 11 heavy (non-hydrogen) atoms. The number of aliphatic hydroxyl groups excluding tert-OH is 1. The topological polar surface area (TPSA) is 61.1 Å². The lowest BCUT2D eigenvalue weighted by molar-refractivity contribution is 0.218. The van der Waals surface area contributed by atoms with E-state index in [1.165, 1.54) is 0 Å². The first-order valence-corrected chi connectivity index (χ1v) is 5.41. The van der Waals surface area contributed by atoms with Gasteiger partial charge in [-0.05, 0) is 13.3 Å². The van der Waals surface area contributed by atoms with Crippen molar-refractivity contribution in [2.45, 2.75) is 32.0 Å². The van der Waals surface area contributed by atoms with Crippen molar-refractivity contribution in [1.82, 2.24) is 0 Å². The zero-order valence-electron chi connectivity index (χ0n) is 6.87. The molecule has 0 heterocycles. The molecule has 0 saturated carbocycles. The summed E-state index contributed by atoms with van der Waals surface area (Å²) < 4.78 is 11.2. The summed E-state index contributed by atoms with van der Waals surface area (Å²) in [6, 6.07) is 1.98. The summed E-state index contributed by atoms with van der Waals surface area (Å²) in [5.74, 6) is 0. The van der Waals surface area contributed by atoms with Gasteiger partial charge in [-0.15, -0.1) is 0 Å². The predicted octanol–water partition coefficient (Wildman–Crippen LogP) is 1.23. The number of aliphatic hydroxyl groups is 1. The Morgan fingerprint density at radius 2 is 2.27 bits per heavy atom. The standard InChI is InChI=1S/C7H14NO2P/c1-3-7(4-8)11(10)5-6(2)9/h6-7,9,11H,3,5H2,1-2H3. The van der Waals surface area contributed by atoms with E-state index in [9.17, 15) is 4.57 Å². The number of nitrogens with zero attached hydrogens (tertiary/aromatic N) is 1. The number of hydrogen-bond acceptors (Lipinski definition) is 3. The van der Waals surface area contributed by atoms with Crippen molar-refractivity contribution in [3.8, 4) is 6.07 Å². The van der Waals surface area contributed by atoms with Gasteiger partial charge in [-0.2, -0.15) is 5.26 Å². The van der Waals surface area contributed by atoms with Crippen molar-refractivity contribution < 1.29 is 9.67 Å². The molecule has 0 aliphatic rings. The molecule has 0 aromatic rings. The average molecular weight is 175 g/mol. The molecule has 0 aliphatic heterocycles. The van der Waals surface area contributed by atoms with Gasteiger partial charge in [0.25, 0.3) is 0 Å². The molecular formula is C7H14NO2P. The molecular weight excluding hydrogens is 161 g/mol. The maximum Gasteiger partial charge on any atom is 0.0968 e. The van der Waals surface area contributed by atoms with E-state index in [0.29, 0.717) is 6.42 Å². The molecule has 0 saturated heterocycles. The molecule has 0 aromatic heterocycles. The molecule has 0 fully saturated rings. The number of rotatable bonds is 4. The van der Waals surface area contributed by atoms with Crippen LogP contribution in [0.25, 0.3) is 0 Å². The molecule has 0 rings (SSSR count). The summed E-state index contributed by atoms with van der Waals surface area (Å²) in [5, 5.41) is 17.4. The quantitative estimate of drug-likeness (QED) is 0.653. The minimum atomic E-state index is -1.89. The molecule has 1 N–H and O–H groups in total. The molecule has 64 valence electrons. The largest absolute Gasteiger partial charge is 0.393 e. The first-order chi connectivity index (χ1) is 5.11. The van der Waals surface area contributed by atoms with Gasteiger partial charge < -0.3 is 9.67 Å². The molecule has 0 amide bonds. The zero-order valence-corrected chi connectivity index (χ0v) is 7.87. The van der Waals surface area contributed by atoms with Crippen molar-refractivity contribution in [1.29, 1.82) is 5.26 Å². The smallest absolute Gasteiger partial charge is 0.0968 e. The molecule has 0 aliphatic carbocycles. The second kappa shape index (κ2) is 5.35. The summed E-state index contributed by atoms with van der Waals surface area (Å²) in [6.07, 6.45) is 0.335. The van der Waals surface area contributed by atoms with Crippen molar-refractivity contribution >= 4 is 7.80 Å². The maximum atomic E-state index is 11.2. The molecule has 0 bridgehead atoms. The summed E-state index contributed by atoms with van der Waals surface area (Å²) in [5.41, 5.74) is -0.352. The van der Waals surface area contributed by atoms with Crippen molar-refractivity contribution in [2.75, 3.05) is 6.16 Å². The van der Waals surface area contributed by atoms with Gasteiger partial charge in [-0.3, -0.25) is 0 Å². The van der Waals surface area contributed by atoms with E-state index in [1.54, 1.807) is 6.92 Å². The Hall–Kier alpha value is -0.320. The third kappa shape index (κ3) is 4.19. The minimum absolute atomic E-state index is 0.275. The third-order valence-corrected chi connectivity index (χ3v) is 3.76. The van der Waals surface area contributed by atoms with Gasteiger partial charge in [0, 0.05) is 6.16 Å². The van der Waals surface area contributed by atoms with Crippen LogP contribution in [0.2, 0.25) is 0 Å². The Balaban J connectivity index is 3.92. The minimum Gasteiger partial charge on any atom is -0.393 e. The molecule has 3 nitrogen and oxygen atoms in total. The van der Waals surface area contributed by atoms with Crippen LogP contribution in [0.1, 0.15) is 20.3 Å². The van der Waals surface area contributed by atoms with Crippen LogP contribution < -0.4 is 0 Å². The summed E-state index contributed by atoms with van der Waals surface area (Å²) in [6.45, 7) is 3.42. The van der Waals surface area contributed by atoms with Gasteiger partial charge in [0.2, 0.25) is 0 Å². The second-order valence-corrected chi connectivity index (χ2v) is 4.65. The highest BCUT2D eigenvalue weighted by atomic mass is 31.1. The van der Waals surface area contributed by atoms with Crippen molar-refractivity contribution in [2.24, 2.45) is 0 Å². The lowest BCUT2D eigenvalue weighted by Crippen LogP contribution is -2.07.